The SMILES string of the molecule is C[C@@H]1CN(c2cc(N3CCN(CC4=C(c5ccc(Cl)cc5)CC(C(F)(F)F)CC4)CC3)ccc2C(=O)NS(=O)(=O)c2ccc(NCC3CCOCC3)c([N+](=O)[O-])c2)c2cc3cc[nH]c3nc2O1. The molecule has 0 spiro atoms. The summed E-state index contributed by atoms with van der Waals surface area (Å²) in [6.07, 6.45) is -1.04. The van der Waals surface area contributed by atoms with Crippen LogP contribution in [0.2, 0.25) is 5.02 Å². The molecule has 354 valence electrons. The lowest BCUT2D eigenvalue weighted by Gasteiger charge is -2.39. The molecule has 1 unspecified atom stereocenters. The molecule has 3 aromatic carbocycles. The van der Waals surface area contributed by atoms with Crippen molar-refractivity contribution in [1.29, 1.82) is 0 Å². The van der Waals surface area contributed by atoms with Crippen molar-refractivity contribution in [3.05, 3.63) is 111 Å². The Morgan fingerprint density at radius 3 is 2.48 bits per heavy atom. The van der Waals surface area contributed by atoms with E-state index in [1.54, 1.807) is 42.6 Å². The quantitative estimate of drug-likeness (QED) is 0.0801. The van der Waals surface area contributed by atoms with E-state index in [1.807, 2.05) is 30.0 Å². The van der Waals surface area contributed by atoms with Gasteiger partial charge in [-0.3, -0.25) is 19.8 Å². The van der Waals surface area contributed by atoms with Crippen molar-refractivity contribution in [2.45, 2.75) is 56.2 Å². The third-order valence-electron chi connectivity index (χ3n) is 13.1. The second kappa shape index (κ2) is 19.0. The first-order chi connectivity index (χ1) is 32.1. The van der Waals surface area contributed by atoms with Crippen LogP contribution in [0.1, 0.15) is 54.9 Å². The van der Waals surface area contributed by atoms with E-state index >= 15 is 0 Å². The molecule has 2 fully saturated rings. The van der Waals surface area contributed by atoms with Crippen molar-refractivity contribution in [2.24, 2.45) is 11.8 Å². The number of nitrogens with zero attached hydrogens (tertiary/aromatic N) is 5. The summed E-state index contributed by atoms with van der Waals surface area (Å²) >= 11 is 6.14. The summed E-state index contributed by atoms with van der Waals surface area (Å²) in [5, 5.41) is 16.6. The van der Waals surface area contributed by atoms with Crippen molar-refractivity contribution in [3.63, 3.8) is 0 Å². The number of fused-ring (bicyclic) bond motifs is 2. The highest BCUT2D eigenvalue weighted by Gasteiger charge is 2.42. The lowest BCUT2D eigenvalue weighted by atomic mass is 9.80. The summed E-state index contributed by atoms with van der Waals surface area (Å²) in [5.74, 6) is -1.79. The van der Waals surface area contributed by atoms with Crippen molar-refractivity contribution >= 4 is 72.6 Å². The van der Waals surface area contributed by atoms with Crippen LogP contribution in [-0.4, -0.2) is 105 Å². The number of carbonyl (C=O) groups excluding carboxylic acids is 1. The number of ether oxygens (including phenoxy) is 2. The monoisotopic (exact) mass is 962 g/mol. The number of nitro benzene ring substituents is 1. The van der Waals surface area contributed by atoms with E-state index in [2.05, 4.69) is 24.8 Å². The largest absolute Gasteiger partial charge is 0.471 e. The summed E-state index contributed by atoms with van der Waals surface area (Å²) < 4.78 is 83.4. The molecule has 5 heterocycles. The first kappa shape index (κ1) is 46.2. The number of alkyl halides is 3. The van der Waals surface area contributed by atoms with Crippen molar-refractivity contribution in [2.75, 3.05) is 74.1 Å². The van der Waals surface area contributed by atoms with Crippen molar-refractivity contribution in [1.82, 2.24) is 19.6 Å². The predicted molar refractivity (Wildman–Crippen MR) is 250 cm³/mol. The van der Waals surface area contributed by atoms with Crippen LogP contribution in [0.15, 0.2) is 89.5 Å². The molecule has 0 bridgehead atoms. The van der Waals surface area contributed by atoms with Crippen LogP contribution in [-0.2, 0) is 14.8 Å². The summed E-state index contributed by atoms with van der Waals surface area (Å²) in [5.41, 5.74) is 4.52. The molecule has 20 heteroatoms. The third kappa shape index (κ3) is 10.2. The number of pyridine rings is 1. The third-order valence-corrected chi connectivity index (χ3v) is 14.7. The van der Waals surface area contributed by atoms with E-state index in [4.69, 9.17) is 26.1 Å². The number of amides is 1. The minimum atomic E-state index is -4.63. The van der Waals surface area contributed by atoms with Crippen LogP contribution < -0.4 is 24.6 Å². The number of sulfonamides is 1. The zero-order chi connectivity index (χ0) is 47.0. The number of rotatable bonds is 12. The maximum atomic E-state index is 14.3. The average molecular weight is 963 g/mol. The zero-order valence-corrected chi connectivity index (χ0v) is 38.2. The Balaban J connectivity index is 0.983. The summed E-state index contributed by atoms with van der Waals surface area (Å²) in [6.45, 7) is 6.68. The number of aromatic amines is 1. The van der Waals surface area contributed by atoms with Gasteiger partial charge in [-0.25, -0.2) is 13.1 Å². The number of hydrogen-bond acceptors (Lipinski definition) is 12. The van der Waals surface area contributed by atoms with Crippen LogP contribution in [0.25, 0.3) is 16.6 Å². The van der Waals surface area contributed by atoms with Gasteiger partial charge in [0, 0.05) is 80.8 Å². The highest BCUT2D eigenvalue weighted by molar-refractivity contribution is 7.90. The van der Waals surface area contributed by atoms with E-state index < -0.39 is 49.6 Å². The van der Waals surface area contributed by atoms with Crippen molar-refractivity contribution < 1.29 is 40.8 Å². The second-order valence-electron chi connectivity index (χ2n) is 17.6. The number of aromatic nitrogens is 2. The van der Waals surface area contributed by atoms with Crippen LogP contribution in [0, 0.1) is 22.0 Å². The molecule has 15 nitrogen and oxygen atoms in total. The van der Waals surface area contributed by atoms with Crippen LogP contribution in [0.5, 0.6) is 5.88 Å². The van der Waals surface area contributed by atoms with E-state index in [9.17, 15) is 36.5 Å². The van der Waals surface area contributed by atoms with Gasteiger partial charge in [-0.05, 0) is 111 Å². The van der Waals surface area contributed by atoms with Gasteiger partial charge in [0.2, 0.25) is 5.88 Å². The number of anilines is 4. The molecule has 9 rings (SSSR count). The summed E-state index contributed by atoms with van der Waals surface area (Å²) in [6, 6.07) is 19.4. The average Bonchev–Trinajstić information content (AvgIpc) is 3.77. The van der Waals surface area contributed by atoms with E-state index in [0.717, 1.165) is 41.1 Å². The number of nitrogens with one attached hydrogen (secondary N) is 3. The highest BCUT2D eigenvalue weighted by Crippen LogP contribution is 2.45. The number of hydrogen-bond donors (Lipinski definition) is 3. The smallest absolute Gasteiger partial charge is 0.392 e. The molecule has 0 saturated carbocycles. The molecule has 2 saturated heterocycles. The van der Waals surface area contributed by atoms with Crippen LogP contribution >= 0.6 is 11.6 Å². The Labute approximate surface area is 390 Å². The molecular weight excluding hydrogens is 913 g/mol. The number of benzene rings is 3. The topological polar surface area (TPSA) is 175 Å². The lowest BCUT2D eigenvalue weighted by Crippen LogP contribution is -2.47. The number of allylic oxidation sites excluding steroid dienone is 1. The fraction of sp³-hybridized carbons (Fsp3) is 0.404. The van der Waals surface area contributed by atoms with Gasteiger partial charge in [-0.15, -0.1) is 0 Å². The molecule has 2 atom stereocenters. The number of carbonyl (C=O) groups is 1. The van der Waals surface area contributed by atoms with E-state index in [1.165, 1.54) is 12.1 Å². The fourth-order valence-electron chi connectivity index (χ4n) is 9.45. The molecule has 3 aliphatic heterocycles. The Morgan fingerprint density at radius 1 is 0.985 bits per heavy atom. The Kier molecular flexibility index (Phi) is 13.1. The minimum absolute atomic E-state index is 0.0283. The molecule has 67 heavy (non-hydrogen) atoms. The van der Waals surface area contributed by atoms with Gasteiger partial charge >= 0.3 is 6.18 Å². The highest BCUT2D eigenvalue weighted by atomic mass is 35.5. The second-order valence-corrected chi connectivity index (χ2v) is 19.7. The molecular formula is C47H50ClF3N8O7S. The molecule has 4 aliphatic rings. The summed E-state index contributed by atoms with van der Waals surface area (Å²) in [4.78, 5) is 39.5. The number of nitro groups is 1. The van der Waals surface area contributed by atoms with Crippen LogP contribution in [0.4, 0.5) is 41.6 Å². The molecule has 2 aromatic heterocycles. The fourth-order valence-corrected chi connectivity index (χ4v) is 10.6. The van der Waals surface area contributed by atoms with Gasteiger partial charge in [0.1, 0.15) is 23.1 Å². The summed E-state index contributed by atoms with van der Waals surface area (Å²) in [7, 11) is -4.63. The lowest BCUT2D eigenvalue weighted by molar-refractivity contribution is -0.384. The van der Waals surface area contributed by atoms with Gasteiger partial charge < -0.3 is 29.6 Å². The Morgan fingerprint density at radius 2 is 1.75 bits per heavy atom. The molecule has 1 aliphatic carbocycles. The number of piperazine rings is 1. The standard InChI is InChI=1S/C47H50ClF3N8O7S/c1-29-27-58(43-22-32-12-15-52-44(32)54-46(43)66-29)41-24-36(57-18-16-56(17-19-57)28-33-2-5-34(47(49,50)51)23-39(33)31-3-6-35(48)7-4-31)8-10-38(41)45(60)55-67(63,64)37-9-11-40(42(25-37)59(61)62)53-26-30-13-20-65-21-14-30/h3-4,6-12,15,22,24-25,29-30,34,53H,2,5,13-14,16-21,23,26-28H2,1H3,(H,52,54)(H,55,60)/t29-,34?/m1/s1. The maximum absolute atomic E-state index is 14.3. The maximum Gasteiger partial charge on any atom is 0.392 e. The van der Waals surface area contributed by atoms with Gasteiger partial charge in [-0.2, -0.15) is 18.2 Å². The molecule has 1 amide bonds. The Hall–Kier alpha value is -5.89. The van der Waals surface area contributed by atoms with E-state index in [-0.39, 0.29) is 36.6 Å². The normalized spacial score (nSPS) is 19.8. The minimum Gasteiger partial charge on any atom is -0.471 e. The zero-order valence-electron chi connectivity index (χ0n) is 36.7. The molecule has 3 N–H and O–H groups in total. The van der Waals surface area contributed by atoms with Gasteiger partial charge in [-0.1, -0.05) is 29.3 Å². The van der Waals surface area contributed by atoms with Gasteiger partial charge in [0.25, 0.3) is 21.6 Å². The van der Waals surface area contributed by atoms with Gasteiger partial charge in [0.05, 0.1) is 33.5 Å². The number of H-pyrrole nitrogens is 1. The van der Waals surface area contributed by atoms with E-state index in [0.29, 0.717) is 92.4 Å². The predicted octanol–water partition coefficient (Wildman–Crippen LogP) is 8.94. The first-order valence-electron chi connectivity index (χ1n) is 22.3. The van der Waals surface area contributed by atoms with Crippen LogP contribution in [0.3, 0.4) is 0 Å². The Bertz CT molecular complexity index is 2810. The number of halogens is 4. The van der Waals surface area contributed by atoms with Gasteiger partial charge in [0.15, 0.2) is 0 Å². The molecule has 0 radical (unpaired) electrons. The molecule has 5 aromatic rings. The first-order valence-corrected chi connectivity index (χ1v) is 24.2. The van der Waals surface area contributed by atoms with Crippen molar-refractivity contribution in [3.8, 4) is 5.88 Å².